The molecule has 4 heterocycles. The minimum Gasteiger partial charge on any atom is -0.301 e. The lowest BCUT2D eigenvalue weighted by atomic mass is 9.84. The Balaban J connectivity index is 1.57. The van der Waals surface area contributed by atoms with Crippen LogP contribution in [0.3, 0.4) is 0 Å². The molecule has 0 spiro atoms. The maximum atomic E-state index is 12.6. The quantitative estimate of drug-likeness (QED) is 0.870. The van der Waals surface area contributed by atoms with Gasteiger partial charge in [0.05, 0.1) is 12.2 Å². The highest BCUT2D eigenvalue weighted by Gasteiger charge is 2.35. The van der Waals surface area contributed by atoms with Gasteiger partial charge in [-0.2, -0.15) is 0 Å². The summed E-state index contributed by atoms with van der Waals surface area (Å²) in [5, 5.41) is 8.64. The third-order valence-corrected chi connectivity index (χ3v) is 4.88. The number of halogens is 1. The van der Waals surface area contributed by atoms with Gasteiger partial charge in [-0.15, -0.1) is 5.10 Å². The van der Waals surface area contributed by atoms with E-state index in [0.29, 0.717) is 11.6 Å². The van der Waals surface area contributed by atoms with E-state index in [2.05, 4.69) is 15.2 Å². The van der Waals surface area contributed by atoms with E-state index >= 15 is 0 Å². The summed E-state index contributed by atoms with van der Waals surface area (Å²) >= 11 is 0. The summed E-state index contributed by atoms with van der Waals surface area (Å²) in [5.41, 5.74) is 2.57. The van der Waals surface area contributed by atoms with Gasteiger partial charge in [-0.1, -0.05) is 29.5 Å². The van der Waals surface area contributed by atoms with Crippen LogP contribution < -0.4 is 0 Å². The van der Waals surface area contributed by atoms with Gasteiger partial charge in [0.15, 0.2) is 0 Å². The zero-order valence-electron chi connectivity index (χ0n) is 12.0. The molecule has 0 radical (unpaired) electrons. The fourth-order valence-electron chi connectivity index (χ4n) is 3.57. The number of rotatable bonds is 3. The van der Waals surface area contributed by atoms with Crippen LogP contribution in [0.4, 0.5) is 4.39 Å². The lowest BCUT2D eigenvalue weighted by Crippen LogP contribution is -2.48. The SMILES string of the molecule is FCc1ccc(-c2cn([C@H]3CN4CCC3CC4)nn2)cc1. The van der Waals surface area contributed by atoms with E-state index in [1.165, 1.54) is 25.9 Å². The van der Waals surface area contributed by atoms with E-state index < -0.39 is 6.67 Å². The second-order valence-electron chi connectivity index (χ2n) is 6.12. The smallest absolute Gasteiger partial charge is 0.115 e. The average Bonchev–Trinajstić information content (AvgIpc) is 3.06. The third kappa shape index (κ3) is 2.35. The molecule has 3 aliphatic heterocycles. The highest BCUT2D eigenvalue weighted by atomic mass is 19.1. The van der Waals surface area contributed by atoms with Gasteiger partial charge in [0.25, 0.3) is 0 Å². The van der Waals surface area contributed by atoms with Crippen LogP contribution in [0.15, 0.2) is 30.5 Å². The summed E-state index contributed by atoms with van der Waals surface area (Å²) in [4.78, 5) is 2.52. The van der Waals surface area contributed by atoms with Crippen molar-refractivity contribution in [3.05, 3.63) is 36.0 Å². The van der Waals surface area contributed by atoms with Gasteiger partial charge in [0, 0.05) is 12.1 Å². The molecule has 0 aliphatic carbocycles. The molecule has 3 fully saturated rings. The Kier molecular flexibility index (Phi) is 3.22. The molecule has 4 nitrogen and oxygen atoms in total. The molecule has 110 valence electrons. The van der Waals surface area contributed by atoms with Crippen molar-refractivity contribution in [1.29, 1.82) is 0 Å². The molecule has 1 atom stereocenters. The summed E-state index contributed by atoms with van der Waals surface area (Å²) in [6, 6.07) is 7.91. The van der Waals surface area contributed by atoms with Crippen LogP contribution in [-0.4, -0.2) is 39.5 Å². The molecule has 0 N–H and O–H groups in total. The van der Waals surface area contributed by atoms with E-state index in [4.69, 9.17) is 0 Å². The molecule has 0 unspecified atom stereocenters. The van der Waals surface area contributed by atoms with Gasteiger partial charge in [-0.05, 0) is 37.4 Å². The van der Waals surface area contributed by atoms with Crippen LogP contribution in [0, 0.1) is 5.92 Å². The van der Waals surface area contributed by atoms with Gasteiger partial charge in [0.2, 0.25) is 0 Å². The van der Waals surface area contributed by atoms with Crippen molar-refractivity contribution >= 4 is 0 Å². The molecule has 2 aromatic rings. The third-order valence-electron chi connectivity index (χ3n) is 4.88. The standard InChI is InChI=1S/C16H19FN4/c17-9-12-1-3-13(4-2-12)15-10-21(19-18-15)16-11-20-7-5-14(16)6-8-20/h1-4,10,14,16H,5-9,11H2/t16-/m0/s1. The van der Waals surface area contributed by atoms with Crippen molar-refractivity contribution in [3.8, 4) is 11.3 Å². The van der Waals surface area contributed by atoms with Crippen molar-refractivity contribution in [3.63, 3.8) is 0 Å². The van der Waals surface area contributed by atoms with Gasteiger partial charge < -0.3 is 4.90 Å². The van der Waals surface area contributed by atoms with Crippen LogP contribution >= 0.6 is 0 Å². The number of nitrogens with zero attached hydrogens (tertiary/aromatic N) is 4. The Labute approximate surface area is 123 Å². The topological polar surface area (TPSA) is 34.0 Å². The molecule has 5 heteroatoms. The average molecular weight is 286 g/mol. The number of piperidine rings is 3. The number of hydrogen-bond donors (Lipinski definition) is 0. The molecule has 21 heavy (non-hydrogen) atoms. The molecule has 3 saturated heterocycles. The molecule has 2 bridgehead atoms. The number of alkyl halides is 1. The van der Waals surface area contributed by atoms with E-state index in [1.54, 1.807) is 0 Å². The first-order valence-electron chi connectivity index (χ1n) is 7.63. The van der Waals surface area contributed by atoms with Crippen LogP contribution in [0.5, 0.6) is 0 Å². The Bertz CT molecular complexity index is 613. The second kappa shape index (κ2) is 5.22. The Morgan fingerprint density at radius 2 is 1.90 bits per heavy atom. The lowest BCUT2D eigenvalue weighted by molar-refractivity contribution is 0.0504. The number of fused-ring (bicyclic) bond motifs is 3. The largest absolute Gasteiger partial charge is 0.301 e. The zero-order valence-corrected chi connectivity index (χ0v) is 12.0. The molecule has 5 rings (SSSR count). The first kappa shape index (κ1) is 13.0. The molecule has 1 aromatic heterocycles. The van der Waals surface area contributed by atoms with Crippen molar-refractivity contribution in [2.75, 3.05) is 19.6 Å². The number of aromatic nitrogens is 3. The number of benzene rings is 1. The Hall–Kier alpha value is -1.75. The van der Waals surface area contributed by atoms with E-state index in [0.717, 1.165) is 23.7 Å². The Morgan fingerprint density at radius 3 is 2.52 bits per heavy atom. The molecule has 0 saturated carbocycles. The zero-order chi connectivity index (χ0) is 14.2. The summed E-state index contributed by atoms with van der Waals surface area (Å²) in [6.45, 7) is 3.13. The summed E-state index contributed by atoms with van der Waals surface area (Å²) < 4.78 is 14.6. The van der Waals surface area contributed by atoms with Crippen molar-refractivity contribution < 1.29 is 4.39 Å². The molecule has 1 aromatic carbocycles. The lowest BCUT2D eigenvalue weighted by Gasteiger charge is -2.44. The maximum absolute atomic E-state index is 12.6. The Morgan fingerprint density at radius 1 is 1.14 bits per heavy atom. The fourth-order valence-corrected chi connectivity index (χ4v) is 3.57. The molecule has 3 aliphatic rings. The molecular formula is C16H19FN4. The van der Waals surface area contributed by atoms with E-state index in [-0.39, 0.29) is 0 Å². The normalized spacial score (nSPS) is 28.0. The van der Waals surface area contributed by atoms with Crippen LogP contribution in [-0.2, 0) is 6.67 Å². The first-order valence-corrected chi connectivity index (χ1v) is 7.63. The monoisotopic (exact) mass is 286 g/mol. The molecule has 0 amide bonds. The van der Waals surface area contributed by atoms with Gasteiger partial charge in [-0.3, -0.25) is 0 Å². The molecular weight excluding hydrogens is 267 g/mol. The fraction of sp³-hybridized carbons (Fsp3) is 0.500. The minimum absolute atomic E-state index is 0.424. The van der Waals surface area contributed by atoms with Crippen LogP contribution in [0.25, 0.3) is 11.3 Å². The predicted molar refractivity (Wildman–Crippen MR) is 78.5 cm³/mol. The summed E-state index contributed by atoms with van der Waals surface area (Å²) in [5.74, 6) is 0.735. The van der Waals surface area contributed by atoms with Crippen LogP contribution in [0.1, 0.15) is 24.4 Å². The van der Waals surface area contributed by atoms with Crippen molar-refractivity contribution in [1.82, 2.24) is 19.9 Å². The van der Waals surface area contributed by atoms with Crippen molar-refractivity contribution in [2.24, 2.45) is 5.92 Å². The van der Waals surface area contributed by atoms with Crippen LogP contribution in [0.2, 0.25) is 0 Å². The predicted octanol–water partition coefficient (Wildman–Crippen LogP) is 2.68. The van der Waals surface area contributed by atoms with Gasteiger partial charge >= 0.3 is 0 Å². The van der Waals surface area contributed by atoms with E-state index in [1.807, 2.05) is 35.1 Å². The highest BCUT2D eigenvalue weighted by Crippen LogP contribution is 2.35. The minimum atomic E-state index is -0.424. The maximum Gasteiger partial charge on any atom is 0.115 e. The van der Waals surface area contributed by atoms with E-state index in [9.17, 15) is 4.39 Å². The number of hydrogen-bond acceptors (Lipinski definition) is 3. The summed E-state index contributed by atoms with van der Waals surface area (Å²) in [7, 11) is 0. The van der Waals surface area contributed by atoms with Crippen molar-refractivity contribution in [2.45, 2.75) is 25.6 Å². The second-order valence-corrected chi connectivity index (χ2v) is 6.12. The first-order chi connectivity index (χ1) is 10.3. The summed E-state index contributed by atoms with van der Waals surface area (Å²) in [6.07, 6.45) is 4.58. The van der Waals surface area contributed by atoms with Gasteiger partial charge in [0.1, 0.15) is 12.4 Å². The van der Waals surface area contributed by atoms with Gasteiger partial charge in [-0.25, -0.2) is 9.07 Å². The highest BCUT2D eigenvalue weighted by molar-refractivity contribution is 5.57.